The maximum atomic E-state index is 6.19. The molecule has 0 amide bonds. The smallest absolute Gasteiger partial charge is 0.119 e. The van der Waals surface area contributed by atoms with Crippen molar-refractivity contribution in [3.8, 4) is 54.3 Å². The largest absolute Gasteiger partial charge is 0.489 e. The van der Waals surface area contributed by atoms with Crippen LogP contribution in [0.5, 0.6) is 17.2 Å². The van der Waals surface area contributed by atoms with E-state index in [2.05, 4.69) is 38.5 Å². The molecule has 0 saturated carbocycles. The lowest BCUT2D eigenvalue weighted by atomic mass is 9.89. The Morgan fingerprint density at radius 2 is 0.667 bits per heavy atom. The van der Waals surface area contributed by atoms with Crippen LogP contribution in [0.4, 0.5) is 0 Å². The van der Waals surface area contributed by atoms with Crippen molar-refractivity contribution in [1.82, 2.24) is 0 Å². The van der Waals surface area contributed by atoms with Crippen LogP contribution in [0.1, 0.15) is 50.1 Å². The van der Waals surface area contributed by atoms with Crippen LogP contribution in [0.2, 0.25) is 0 Å². The van der Waals surface area contributed by atoms with Crippen LogP contribution in [-0.4, -0.2) is 0 Å². The van der Waals surface area contributed by atoms with Crippen LogP contribution in [0.3, 0.4) is 0 Å². The lowest BCUT2D eigenvalue weighted by Crippen LogP contribution is -2.13. The molecule has 0 unspecified atom stereocenters. The third-order valence-electron chi connectivity index (χ3n) is 6.93. The molecule has 0 aliphatic rings. The molecule has 0 saturated heterocycles. The van der Waals surface area contributed by atoms with E-state index in [1.807, 2.05) is 72.8 Å². The van der Waals surface area contributed by atoms with Gasteiger partial charge in [-0.1, -0.05) is 17.8 Å². The Balaban J connectivity index is 1.64. The molecular formula is C36H30O3. The molecule has 39 heavy (non-hydrogen) atoms. The summed E-state index contributed by atoms with van der Waals surface area (Å²) in [5.74, 6) is 10.2. The summed E-state index contributed by atoms with van der Waals surface area (Å²) >= 11 is 0. The molecule has 4 rings (SSSR count). The average molecular weight is 511 g/mol. The molecule has 0 fully saturated rings. The van der Waals surface area contributed by atoms with Gasteiger partial charge in [0.05, 0.1) is 0 Å². The van der Waals surface area contributed by atoms with Crippen molar-refractivity contribution >= 4 is 0 Å². The molecule has 192 valence electrons. The van der Waals surface area contributed by atoms with Crippen molar-refractivity contribution in [3.05, 3.63) is 123 Å². The summed E-state index contributed by atoms with van der Waals surface area (Å²) in [6.07, 6.45) is 16.5. The quantitative estimate of drug-likeness (QED) is 0.221. The lowest BCUT2D eigenvalue weighted by molar-refractivity contribution is 0.290. The van der Waals surface area contributed by atoms with Gasteiger partial charge >= 0.3 is 0 Å². The van der Waals surface area contributed by atoms with Gasteiger partial charge in [0.2, 0.25) is 0 Å². The second kappa shape index (κ2) is 12.5. The molecule has 0 spiro atoms. The van der Waals surface area contributed by atoms with Crippen molar-refractivity contribution in [3.63, 3.8) is 0 Å². The van der Waals surface area contributed by atoms with Gasteiger partial charge in [0.15, 0.2) is 0 Å². The summed E-state index contributed by atoms with van der Waals surface area (Å²) in [6.45, 7) is 7.56. The van der Waals surface area contributed by atoms with E-state index in [0.717, 1.165) is 67.3 Å². The average Bonchev–Trinajstić information content (AvgIpc) is 2.97. The van der Waals surface area contributed by atoms with E-state index >= 15 is 0 Å². The monoisotopic (exact) mass is 510 g/mol. The summed E-state index contributed by atoms with van der Waals surface area (Å²) in [5.41, 5.74) is 9.14. The molecule has 3 heteroatoms. The number of ether oxygens (including phenoxy) is 3. The normalized spacial score (nSPS) is 10.2. The Labute approximate surface area is 231 Å². The van der Waals surface area contributed by atoms with E-state index in [1.54, 1.807) is 0 Å². The zero-order chi connectivity index (χ0) is 27.8. The highest BCUT2D eigenvalue weighted by Crippen LogP contribution is 2.31. The van der Waals surface area contributed by atoms with Crippen LogP contribution >= 0.6 is 0 Å². The first-order valence-corrected chi connectivity index (χ1v) is 12.6. The van der Waals surface area contributed by atoms with Crippen LogP contribution in [-0.2, 0) is 19.8 Å². The molecule has 4 aromatic rings. The number of hydrogen-bond acceptors (Lipinski definition) is 3. The molecule has 0 aliphatic heterocycles. The molecule has 3 nitrogen and oxygen atoms in total. The van der Waals surface area contributed by atoms with Gasteiger partial charge in [-0.2, -0.15) is 0 Å². The van der Waals surface area contributed by atoms with Gasteiger partial charge in [-0.15, -0.1) is 19.3 Å². The van der Waals surface area contributed by atoms with Crippen LogP contribution in [0, 0.1) is 57.8 Å². The molecular weight excluding hydrogens is 480 g/mol. The zero-order valence-corrected chi connectivity index (χ0v) is 22.5. The third kappa shape index (κ3) is 6.45. The Bertz CT molecular complexity index is 1360. The highest BCUT2D eigenvalue weighted by atomic mass is 16.5. The minimum atomic E-state index is 0.404. The Morgan fingerprint density at radius 1 is 0.436 bits per heavy atom. The third-order valence-corrected chi connectivity index (χ3v) is 6.93. The molecule has 0 radical (unpaired) electrons. The van der Waals surface area contributed by atoms with Gasteiger partial charge < -0.3 is 14.2 Å². The molecule has 4 aromatic carbocycles. The second-order valence-corrected chi connectivity index (χ2v) is 9.18. The van der Waals surface area contributed by atoms with E-state index in [4.69, 9.17) is 33.5 Å². The van der Waals surface area contributed by atoms with Gasteiger partial charge in [0, 0.05) is 16.7 Å². The highest BCUT2D eigenvalue weighted by Gasteiger charge is 2.19. The summed E-state index contributed by atoms with van der Waals surface area (Å²) in [7, 11) is 0. The van der Waals surface area contributed by atoms with Gasteiger partial charge in [-0.25, -0.2) is 0 Å². The van der Waals surface area contributed by atoms with Crippen molar-refractivity contribution in [2.24, 2.45) is 0 Å². The second-order valence-electron chi connectivity index (χ2n) is 9.18. The van der Waals surface area contributed by atoms with E-state index in [-0.39, 0.29) is 0 Å². The minimum Gasteiger partial charge on any atom is -0.489 e. The van der Waals surface area contributed by atoms with Crippen LogP contribution < -0.4 is 14.2 Å². The fourth-order valence-corrected chi connectivity index (χ4v) is 4.45. The number of benzene rings is 4. The first-order chi connectivity index (χ1) is 18.9. The molecule has 0 heterocycles. The van der Waals surface area contributed by atoms with E-state index < -0.39 is 0 Å². The SMILES string of the molecule is C#Cc1ccc(OCc2c(C)c(COc3ccc(C#C)cc3)c(C)c(COc3ccc(C#C)cc3)c2C)cc1. The molecule has 0 aliphatic carbocycles. The Hall–Kier alpha value is -5.04. The van der Waals surface area contributed by atoms with Gasteiger partial charge in [0.1, 0.15) is 37.1 Å². The fourth-order valence-electron chi connectivity index (χ4n) is 4.45. The van der Waals surface area contributed by atoms with Crippen LogP contribution in [0.25, 0.3) is 0 Å². The van der Waals surface area contributed by atoms with E-state index in [1.165, 1.54) is 0 Å². The summed E-state index contributed by atoms with van der Waals surface area (Å²) < 4.78 is 18.6. The molecule has 0 bridgehead atoms. The van der Waals surface area contributed by atoms with Crippen molar-refractivity contribution in [2.45, 2.75) is 40.6 Å². The predicted molar refractivity (Wildman–Crippen MR) is 157 cm³/mol. The lowest BCUT2D eigenvalue weighted by Gasteiger charge is -2.23. The molecule has 0 N–H and O–H groups in total. The maximum Gasteiger partial charge on any atom is 0.119 e. The Kier molecular flexibility index (Phi) is 8.64. The summed E-state index contributed by atoms with van der Waals surface area (Å²) in [4.78, 5) is 0. The maximum absolute atomic E-state index is 6.19. The first-order valence-electron chi connectivity index (χ1n) is 12.6. The van der Waals surface area contributed by atoms with E-state index in [9.17, 15) is 0 Å². The fraction of sp³-hybridized carbons (Fsp3) is 0.167. The zero-order valence-electron chi connectivity index (χ0n) is 22.5. The van der Waals surface area contributed by atoms with Crippen molar-refractivity contribution < 1.29 is 14.2 Å². The van der Waals surface area contributed by atoms with Gasteiger partial charge in [-0.3, -0.25) is 0 Å². The minimum absolute atomic E-state index is 0.404. The number of hydrogen-bond donors (Lipinski definition) is 0. The predicted octanol–water partition coefficient (Wildman–Crippen LogP) is 7.29. The molecule has 0 aromatic heterocycles. The summed E-state index contributed by atoms with van der Waals surface area (Å²) in [5, 5.41) is 0. The Morgan fingerprint density at radius 3 is 0.872 bits per heavy atom. The van der Waals surface area contributed by atoms with Crippen molar-refractivity contribution in [2.75, 3.05) is 0 Å². The standard InChI is InChI=1S/C36H30O3/c1-7-28-10-16-31(17-11-28)37-22-34-25(4)35(23-38-32-18-12-29(8-2)13-19-32)27(6)36(26(34)5)24-39-33-20-14-30(9-3)15-21-33/h1-3,10-21H,22-24H2,4-6H3. The summed E-state index contributed by atoms with van der Waals surface area (Å²) in [6, 6.07) is 22.6. The molecule has 0 atom stereocenters. The van der Waals surface area contributed by atoms with Crippen molar-refractivity contribution in [1.29, 1.82) is 0 Å². The topological polar surface area (TPSA) is 27.7 Å². The van der Waals surface area contributed by atoms with Crippen LogP contribution in [0.15, 0.2) is 72.8 Å². The number of terminal acetylenes is 3. The highest BCUT2D eigenvalue weighted by molar-refractivity contribution is 5.51. The van der Waals surface area contributed by atoms with E-state index in [0.29, 0.717) is 19.8 Å². The van der Waals surface area contributed by atoms with Gasteiger partial charge in [0.25, 0.3) is 0 Å². The number of rotatable bonds is 9. The first kappa shape index (κ1) is 27.0. The van der Waals surface area contributed by atoms with Gasteiger partial charge in [-0.05, 0) is 127 Å².